The molecule has 0 aromatic heterocycles. The quantitative estimate of drug-likeness (QED) is 0.376. The number of methoxy groups -OCH3 is 1. The van der Waals surface area contributed by atoms with Gasteiger partial charge in [0.15, 0.2) is 14.1 Å². The van der Waals surface area contributed by atoms with Crippen LogP contribution in [0.2, 0.25) is 18.1 Å². The van der Waals surface area contributed by atoms with E-state index in [-0.39, 0.29) is 22.5 Å². The maximum absolute atomic E-state index is 13.4. The second-order valence-electron chi connectivity index (χ2n) is 10.5. The Morgan fingerprint density at radius 3 is 2.29 bits per heavy atom. The molecular formula is C22H38O5Si. The molecule has 1 unspecified atom stereocenters. The van der Waals surface area contributed by atoms with E-state index in [1.54, 1.807) is 6.92 Å². The third-order valence-corrected chi connectivity index (χ3v) is 11.7. The number of carbonyl (C=O) groups is 2. The van der Waals surface area contributed by atoms with Crippen molar-refractivity contribution < 1.29 is 23.5 Å². The zero-order valence-corrected chi connectivity index (χ0v) is 20.3. The second-order valence-corrected chi connectivity index (χ2v) is 15.2. The minimum atomic E-state index is -2.07. The largest absolute Gasteiger partial charge is 0.488 e. The summed E-state index contributed by atoms with van der Waals surface area (Å²) in [6, 6.07) is 0. The lowest BCUT2D eigenvalue weighted by atomic mass is 9.64. The van der Waals surface area contributed by atoms with Gasteiger partial charge in [-0.1, -0.05) is 34.6 Å². The molecule has 0 radical (unpaired) electrons. The van der Waals surface area contributed by atoms with Gasteiger partial charge in [-0.15, -0.1) is 0 Å². The normalized spacial score (nSPS) is 31.5. The third-order valence-electron chi connectivity index (χ3n) is 7.25. The number of ether oxygens (including phenoxy) is 2. The lowest BCUT2D eigenvalue weighted by Crippen LogP contribution is -2.62. The van der Waals surface area contributed by atoms with Crippen molar-refractivity contribution in [1.29, 1.82) is 0 Å². The topological polar surface area (TPSA) is 61.8 Å². The highest BCUT2D eigenvalue weighted by atomic mass is 28.4. The molecule has 0 N–H and O–H groups in total. The molecule has 28 heavy (non-hydrogen) atoms. The molecule has 1 aliphatic heterocycles. The molecule has 2 aliphatic rings. The van der Waals surface area contributed by atoms with E-state index in [9.17, 15) is 9.59 Å². The number of hydrogen-bond donors (Lipinski definition) is 0. The molecule has 0 aromatic rings. The highest BCUT2D eigenvalue weighted by molar-refractivity contribution is 6.74. The third kappa shape index (κ3) is 3.95. The van der Waals surface area contributed by atoms with Crippen molar-refractivity contribution in [3.05, 3.63) is 11.3 Å². The molecule has 2 rings (SSSR count). The van der Waals surface area contributed by atoms with Crippen LogP contribution in [0, 0.1) is 17.8 Å². The molecule has 1 heterocycles. The minimum Gasteiger partial charge on any atom is -0.488 e. The van der Waals surface area contributed by atoms with E-state index >= 15 is 0 Å². The first kappa shape index (κ1) is 23.1. The van der Waals surface area contributed by atoms with E-state index in [1.165, 1.54) is 7.11 Å². The van der Waals surface area contributed by atoms with Crippen LogP contribution < -0.4 is 0 Å². The maximum atomic E-state index is 13.4. The van der Waals surface area contributed by atoms with Crippen LogP contribution in [-0.4, -0.2) is 38.9 Å². The van der Waals surface area contributed by atoms with Gasteiger partial charge in [0, 0.05) is 0 Å². The molecule has 5 nitrogen and oxygen atoms in total. The Hall–Kier alpha value is -1.14. The zero-order valence-electron chi connectivity index (χ0n) is 19.3. The Morgan fingerprint density at radius 1 is 1.25 bits per heavy atom. The first-order valence-electron chi connectivity index (χ1n) is 10.4. The Bertz CT molecular complexity index is 673. The Labute approximate surface area is 171 Å². The van der Waals surface area contributed by atoms with Crippen molar-refractivity contribution in [1.82, 2.24) is 0 Å². The molecule has 160 valence electrons. The van der Waals surface area contributed by atoms with E-state index in [0.29, 0.717) is 24.0 Å². The molecule has 1 fully saturated rings. The molecule has 0 amide bonds. The van der Waals surface area contributed by atoms with Gasteiger partial charge in [0.25, 0.3) is 0 Å². The number of carbonyl (C=O) groups excluding carboxylic acids is 2. The Balaban J connectivity index is 2.51. The summed E-state index contributed by atoms with van der Waals surface area (Å²) in [5, 5.41) is 0.0599. The maximum Gasteiger partial charge on any atom is 0.344 e. The van der Waals surface area contributed by atoms with Gasteiger partial charge in [0.1, 0.15) is 16.9 Å². The van der Waals surface area contributed by atoms with Gasteiger partial charge in [-0.25, -0.2) is 4.79 Å². The number of rotatable bonds is 4. The van der Waals surface area contributed by atoms with Crippen LogP contribution in [0.4, 0.5) is 0 Å². The van der Waals surface area contributed by atoms with Crippen LogP contribution in [0.15, 0.2) is 11.3 Å². The summed E-state index contributed by atoms with van der Waals surface area (Å²) in [4.78, 5) is 25.6. The fourth-order valence-corrected chi connectivity index (χ4v) is 5.58. The predicted molar refractivity (Wildman–Crippen MR) is 112 cm³/mol. The van der Waals surface area contributed by atoms with Crippen LogP contribution in [0.25, 0.3) is 0 Å². The van der Waals surface area contributed by atoms with Gasteiger partial charge in [0.05, 0.1) is 19.1 Å². The molecule has 6 heteroatoms. The summed E-state index contributed by atoms with van der Waals surface area (Å²) < 4.78 is 18.0. The van der Waals surface area contributed by atoms with Crippen LogP contribution in [0.1, 0.15) is 61.3 Å². The summed E-state index contributed by atoms with van der Waals surface area (Å²) in [6.45, 7) is 19.2. The number of Topliss-reactive ketones (excluding diaryl/α,β-unsaturated/α-hetero) is 1. The Morgan fingerprint density at radius 2 is 1.82 bits per heavy atom. The lowest BCUT2D eigenvalue weighted by molar-refractivity contribution is -0.172. The van der Waals surface area contributed by atoms with E-state index in [0.717, 1.165) is 6.42 Å². The summed E-state index contributed by atoms with van der Waals surface area (Å²) >= 11 is 0. The van der Waals surface area contributed by atoms with Crippen molar-refractivity contribution in [2.45, 2.75) is 91.1 Å². The van der Waals surface area contributed by atoms with Crippen molar-refractivity contribution >= 4 is 20.1 Å². The Kier molecular flexibility index (Phi) is 6.28. The molecule has 0 aromatic carbocycles. The average molecular weight is 411 g/mol. The van der Waals surface area contributed by atoms with Crippen molar-refractivity contribution in [3.8, 4) is 0 Å². The van der Waals surface area contributed by atoms with E-state index < -0.39 is 25.8 Å². The number of hydrogen-bond acceptors (Lipinski definition) is 5. The molecule has 1 aliphatic carbocycles. The first-order valence-corrected chi connectivity index (χ1v) is 13.3. The highest BCUT2D eigenvalue weighted by Crippen LogP contribution is 2.50. The average Bonchev–Trinajstić information content (AvgIpc) is 2.54. The SMILES string of the molecule is COC(=O)C1=C(C)O[C@]2(C)C(O[Si](C)(C)C(C)(C)C)C[C@@H](C(C)C)C[C@H]2C1=O. The monoisotopic (exact) mass is 410 g/mol. The van der Waals surface area contributed by atoms with Gasteiger partial charge in [-0.3, -0.25) is 4.79 Å². The van der Waals surface area contributed by atoms with Crippen molar-refractivity contribution in [3.63, 3.8) is 0 Å². The molecule has 0 saturated heterocycles. The van der Waals surface area contributed by atoms with Crippen LogP contribution in [-0.2, 0) is 23.5 Å². The van der Waals surface area contributed by atoms with E-state index in [1.807, 2.05) is 6.92 Å². The molecule has 1 saturated carbocycles. The number of fused-ring (bicyclic) bond motifs is 1. The smallest absolute Gasteiger partial charge is 0.344 e. The summed E-state index contributed by atoms with van der Waals surface area (Å²) in [5.41, 5.74) is -0.708. The summed E-state index contributed by atoms with van der Waals surface area (Å²) in [7, 11) is -0.772. The fourth-order valence-electron chi connectivity index (χ4n) is 4.19. The molecular weight excluding hydrogens is 372 g/mol. The van der Waals surface area contributed by atoms with Crippen LogP contribution in [0.3, 0.4) is 0 Å². The predicted octanol–water partition coefficient (Wildman–Crippen LogP) is 4.86. The van der Waals surface area contributed by atoms with Crippen molar-refractivity contribution in [2.75, 3.05) is 7.11 Å². The van der Waals surface area contributed by atoms with Gasteiger partial charge >= 0.3 is 5.97 Å². The number of esters is 1. The first-order chi connectivity index (χ1) is 12.7. The summed E-state index contributed by atoms with van der Waals surface area (Å²) in [5.74, 6) is -0.0526. The molecule has 0 bridgehead atoms. The van der Waals surface area contributed by atoms with Crippen LogP contribution in [0.5, 0.6) is 0 Å². The highest BCUT2D eigenvalue weighted by Gasteiger charge is 2.58. The fraction of sp³-hybridized carbons (Fsp3) is 0.818. The van der Waals surface area contributed by atoms with E-state index in [4.69, 9.17) is 13.9 Å². The zero-order chi connectivity index (χ0) is 21.7. The molecule has 0 spiro atoms. The van der Waals surface area contributed by atoms with Gasteiger partial charge in [-0.05, 0) is 56.7 Å². The summed E-state index contributed by atoms with van der Waals surface area (Å²) in [6.07, 6.45) is 1.39. The van der Waals surface area contributed by atoms with E-state index in [2.05, 4.69) is 47.7 Å². The van der Waals surface area contributed by atoms with Crippen molar-refractivity contribution in [2.24, 2.45) is 17.8 Å². The lowest BCUT2D eigenvalue weighted by Gasteiger charge is -2.54. The van der Waals surface area contributed by atoms with Gasteiger partial charge < -0.3 is 13.9 Å². The van der Waals surface area contributed by atoms with Gasteiger partial charge in [0.2, 0.25) is 0 Å². The standard InChI is InChI=1S/C22H38O5Si/c1-13(2)15-11-16-19(23)18(20(24)25-8)14(3)26-22(16,7)17(12-15)27-28(9,10)21(4,5)6/h13,15-17H,11-12H2,1-10H3/t15-,16-,17?,22-/m0/s1. The molecule has 4 atom stereocenters. The number of ketones is 1. The second kappa shape index (κ2) is 7.60. The number of allylic oxidation sites excluding steroid dienone is 1. The van der Waals surface area contributed by atoms with Crippen LogP contribution >= 0.6 is 0 Å². The van der Waals surface area contributed by atoms with Gasteiger partial charge in [-0.2, -0.15) is 0 Å². The minimum absolute atomic E-state index is 0.0560.